The molecule has 4 nitrogen and oxygen atoms in total. The van der Waals surface area contributed by atoms with E-state index < -0.39 is 23.8 Å². The predicted molar refractivity (Wildman–Crippen MR) is 57.0 cm³/mol. The van der Waals surface area contributed by atoms with Gasteiger partial charge in [0.2, 0.25) is 0 Å². The van der Waals surface area contributed by atoms with E-state index >= 15 is 0 Å². The van der Waals surface area contributed by atoms with Crippen LogP contribution in [0, 0.1) is 11.6 Å². The van der Waals surface area contributed by atoms with Crippen molar-refractivity contribution < 1.29 is 19.0 Å². The summed E-state index contributed by atoms with van der Waals surface area (Å²) in [5, 5.41) is 20.6. The van der Waals surface area contributed by atoms with E-state index in [1.165, 1.54) is 6.92 Å². The Bertz CT molecular complexity index is 360. The van der Waals surface area contributed by atoms with Crippen LogP contribution in [0.15, 0.2) is 12.1 Å². The lowest BCUT2D eigenvalue weighted by molar-refractivity contribution is 0.0131. The van der Waals surface area contributed by atoms with Crippen LogP contribution in [0.4, 0.5) is 20.2 Å². The Hall–Kier alpha value is -1.40. The summed E-state index contributed by atoms with van der Waals surface area (Å²) in [5.74, 6) is -1.68. The number of hydrogen-bond donors (Lipinski definition) is 4. The first-order chi connectivity index (χ1) is 7.35. The van der Waals surface area contributed by atoms with Crippen LogP contribution in [0.25, 0.3) is 0 Å². The van der Waals surface area contributed by atoms with Crippen molar-refractivity contribution in [2.75, 3.05) is 24.2 Å². The van der Waals surface area contributed by atoms with Crippen molar-refractivity contribution in [3.05, 3.63) is 23.8 Å². The molecule has 0 saturated heterocycles. The fraction of sp³-hybridized carbons (Fsp3) is 0.400. The third-order valence-electron chi connectivity index (χ3n) is 2.05. The van der Waals surface area contributed by atoms with E-state index in [0.29, 0.717) is 0 Å². The van der Waals surface area contributed by atoms with Crippen LogP contribution in [-0.4, -0.2) is 29.0 Å². The number of nitrogen functional groups attached to an aromatic ring is 1. The Labute approximate surface area is 91.7 Å². The molecule has 0 heterocycles. The van der Waals surface area contributed by atoms with E-state index in [0.717, 1.165) is 12.1 Å². The van der Waals surface area contributed by atoms with E-state index in [-0.39, 0.29) is 17.9 Å². The van der Waals surface area contributed by atoms with E-state index in [4.69, 9.17) is 10.8 Å². The van der Waals surface area contributed by atoms with Gasteiger partial charge >= 0.3 is 0 Å². The largest absolute Gasteiger partial charge is 0.399 e. The topological polar surface area (TPSA) is 78.5 Å². The number of halogens is 2. The Morgan fingerprint density at radius 2 is 1.88 bits per heavy atom. The zero-order valence-corrected chi connectivity index (χ0v) is 8.80. The first-order valence-corrected chi connectivity index (χ1v) is 4.67. The van der Waals surface area contributed by atoms with Gasteiger partial charge < -0.3 is 21.3 Å². The molecule has 0 radical (unpaired) electrons. The molecule has 1 aromatic carbocycles. The van der Waals surface area contributed by atoms with Crippen molar-refractivity contribution in [1.82, 2.24) is 0 Å². The van der Waals surface area contributed by atoms with Crippen LogP contribution in [0.3, 0.4) is 0 Å². The molecule has 0 aliphatic heterocycles. The molecule has 0 aliphatic carbocycles. The lowest BCUT2D eigenvalue weighted by Gasteiger charge is -2.21. The predicted octanol–water partition coefficient (Wildman–Crippen LogP) is 0.702. The molecule has 5 N–H and O–H groups in total. The number of nitrogens with one attached hydrogen (secondary N) is 1. The quantitative estimate of drug-likeness (QED) is 0.576. The molecular weight excluding hydrogens is 218 g/mol. The second-order valence-corrected chi connectivity index (χ2v) is 3.87. The maximum absolute atomic E-state index is 13.3. The highest BCUT2D eigenvalue weighted by atomic mass is 19.1. The average molecular weight is 232 g/mol. The lowest BCUT2D eigenvalue weighted by Crippen LogP contribution is -2.37. The molecule has 0 aliphatic rings. The Kier molecular flexibility index (Phi) is 3.66. The molecule has 90 valence electrons. The molecule has 1 atom stereocenters. The fourth-order valence-electron chi connectivity index (χ4n) is 1.10. The smallest absolute Gasteiger partial charge is 0.151 e. The van der Waals surface area contributed by atoms with Gasteiger partial charge in [-0.3, -0.25) is 0 Å². The molecule has 0 saturated carbocycles. The van der Waals surface area contributed by atoms with Crippen molar-refractivity contribution in [1.29, 1.82) is 0 Å². The van der Waals surface area contributed by atoms with Crippen molar-refractivity contribution in [3.8, 4) is 0 Å². The SMILES string of the molecule is CC(O)(CO)CNc1c(F)cc(N)cc1F. The summed E-state index contributed by atoms with van der Waals surface area (Å²) in [6.45, 7) is 0.645. The minimum absolute atomic E-state index is 0.0190. The van der Waals surface area contributed by atoms with Gasteiger partial charge in [-0.1, -0.05) is 0 Å². The highest BCUT2D eigenvalue weighted by Crippen LogP contribution is 2.22. The van der Waals surface area contributed by atoms with E-state index in [2.05, 4.69) is 5.32 Å². The van der Waals surface area contributed by atoms with Gasteiger partial charge in [0, 0.05) is 12.2 Å². The summed E-state index contributed by atoms with van der Waals surface area (Å²) in [7, 11) is 0. The van der Waals surface area contributed by atoms with Crippen molar-refractivity contribution >= 4 is 11.4 Å². The minimum atomic E-state index is -1.44. The van der Waals surface area contributed by atoms with E-state index in [1.807, 2.05) is 0 Å². The van der Waals surface area contributed by atoms with E-state index in [9.17, 15) is 13.9 Å². The first kappa shape index (κ1) is 12.7. The van der Waals surface area contributed by atoms with Gasteiger partial charge in [0.05, 0.1) is 6.61 Å². The Morgan fingerprint density at radius 3 is 2.31 bits per heavy atom. The summed E-state index contributed by atoms with van der Waals surface area (Å²) in [6, 6.07) is 1.94. The molecule has 0 amide bonds. The molecular formula is C10H14F2N2O2. The number of anilines is 2. The van der Waals surface area contributed by atoms with Gasteiger partial charge in [0.1, 0.15) is 11.3 Å². The molecule has 16 heavy (non-hydrogen) atoms. The molecule has 0 bridgehead atoms. The lowest BCUT2D eigenvalue weighted by atomic mass is 10.1. The first-order valence-electron chi connectivity index (χ1n) is 4.67. The number of hydrogen-bond acceptors (Lipinski definition) is 4. The summed E-state index contributed by atoms with van der Waals surface area (Å²) < 4.78 is 26.5. The number of nitrogens with two attached hydrogens (primary N) is 1. The maximum Gasteiger partial charge on any atom is 0.151 e. The van der Waals surface area contributed by atoms with Gasteiger partial charge in [-0.05, 0) is 19.1 Å². The second-order valence-electron chi connectivity index (χ2n) is 3.87. The Morgan fingerprint density at radius 1 is 1.38 bits per heavy atom. The normalized spacial score (nSPS) is 14.6. The van der Waals surface area contributed by atoms with Crippen molar-refractivity contribution in [3.63, 3.8) is 0 Å². The number of rotatable bonds is 4. The zero-order valence-electron chi connectivity index (χ0n) is 8.80. The molecule has 1 aromatic rings. The van der Waals surface area contributed by atoms with Gasteiger partial charge in [-0.25, -0.2) is 8.78 Å². The minimum Gasteiger partial charge on any atom is -0.399 e. The van der Waals surface area contributed by atoms with Crippen LogP contribution in [0.1, 0.15) is 6.92 Å². The van der Waals surface area contributed by atoms with Crippen molar-refractivity contribution in [2.45, 2.75) is 12.5 Å². The summed E-state index contributed by atoms with van der Waals surface area (Å²) in [4.78, 5) is 0. The van der Waals surface area contributed by atoms with Crippen LogP contribution in [0.2, 0.25) is 0 Å². The monoisotopic (exact) mass is 232 g/mol. The molecule has 0 fully saturated rings. The third kappa shape index (κ3) is 3.04. The molecule has 0 aromatic heterocycles. The summed E-state index contributed by atoms with van der Waals surface area (Å²) in [6.07, 6.45) is 0. The Balaban J connectivity index is 2.82. The third-order valence-corrected chi connectivity index (χ3v) is 2.05. The van der Waals surface area contributed by atoms with Crippen LogP contribution < -0.4 is 11.1 Å². The fourth-order valence-corrected chi connectivity index (χ4v) is 1.10. The van der Waals surface area contributed by atoms with Crippen LogP contribution >= 0.6 is 0 Å². The van der Waals surface area contributed by atoms with Gasteiger partial charge in [-0.15, -0.1) is 0 Å². The summed E-state index contributed by atoms with van der Waals surface area (Å²) >= 11 is 0. The molecule has 6 heteroatoms. The standard InChI is InChI=1S/C10H14F2N2O2/c1-10(16,5-15)4-14-9-7(11)2-6(13)3-8(9)12/h2-3,14-16H,4-5,13H2,1H3. The maximum atomic E-state index is 13.3. The molecule has 0 spiro atoms. The second kappa shape index (κ2) is 4.63. The number of aliphatic hydroxyl groups excluding tert-OH is 1. The highest BCUT2D eigenvalue weighted by Gasteiger charge is 2.20. The number of aliphatic hydroxyl groups is 2. The highest BCUT2D eigenvalue weighted by molar-refractivity contribution is 5.54. The average Bonchev–Trinajstić information content (AvgIpc) is 2.16. The molecule has 1 unspecified atom stereocenters. The number of benzene rings is 1. The van der Waals surface area contributed by atoms with Crippen LogP contribution in [0.5, 0.6) is 0 Å². The van der Waals surface area contributed by atoms with Gasteiger partial charge in [0.25, 0.3) is 0 Å². The van der Waals surface area contributed by atoms with Gasteiger partial charge in [-0.2, -0.15) is 0 Å². The summed E-state index contributed by atoms with van der Waals surface area (Å²) in [5.41, 5.74) is 3.40. The van der Waals surface area contributed by atoms with Crippen molar-refractivity contribution in [2.24, 2.45) is 0 Å². The molecule has 1 rings (SSSR count). The van der Waals surface area contributed by atoms with Crippen LogP contribution in [-0.2, 0) is 0 Å². The van der Waals surface area contributed by atoms with Gasteiger partial charge in [0.15, 0.2) is 11.6 Å². The van der Waals surface area contributed by atoms with E-state index in [1.54, 1.807) is 0 Å². The zero-order chi connectivity index (χ0) is 12.3.